The summed E-state index contributed by atoms with van der Waals surface area (Å²) in [5.41, 5.74) is 5.90. The third-order valence-electron chi connectivity index (χ3n) is 4.34. The van der Waals surface area contributed by atoms with E-state index in [4.69, 9.17) is 5.73 Å². The molecule has 0 spiro atoms. The van der Waals surface area contributed by atoms with Crippen LogP contribution in [0.4, 0.5) is 0 Å². The summed E-state index contributed by atoms with van der Waals surface area (Å²) in [6.07, 6.45) is 5.23. The van der Waals surface area contributed by atoms with Gasteiger partial charge < -0.3 is 10.6 Å². The fourth-order valence-electron chi connectivity index (χ4n) is 3.13. The monoisotopic (exact) mass is 253 g/mol. The number of nitrogens with zero attached hydrogens (tertiary/aromatic N) is 2. The van der Waals surface area contributed by atoms with Crippen LogP contribution in [0, 0.1) is 5.92 Å². The summed E-state index contributed by atoms with van der Waals surface area (Å²) < 4.78 is 0. The van der Waals surface area contributed by atoms with E-state index < -0.39 is 0 Å². The topological polar surface area (TPSA) is 49.6 Å². The molecule has 0 atom stereocenters. The van der Waals surface area contributed by atoms with Crippen molar-refractivity contribution in [3.63, 3.8) is 0 Å². The highest BCUT2D eigenvalue weighted by molar-refractivity contribution is 5.79. The summed E-state index contributed by atoms with van der Waals surface area (Å²) >= 11 is 0. The second kappa shape index (κ2) is 6.53. The first-order valence-electron chi connectivity index (χ1n) is 7.47. The van der Waals surface area contributed by atoms with E-state index in [1.807, 2.05) is 0 Å². The van der Waals surface area contributed by atoms with Gasteiger partial charge in [0.25, 0.3) is 0 Å². The van der Waals surface area contributed by atoms with Crippen molar-refractivity contribution in [1.29, 1.82) is 0 Å². The van der Waals surface area contributed by atoms with E-state index in [0.29, 0.717) is 11.9 Å². The Balaban J connectivity index is 1.77. The van der Waals surface area contributed by atoms with Crippen molar-refractivity contribution < 1.29 is 4.79 Å². The molecule has 1 aliphatic heterocycles. The van der Waals surface area contributed by atoms with Crippen LogP contribution in [0.3, 0.4) is 0 Å². The molecule has 1 saturated heterocycles. The molecule has 0 bridgehead atoms. The minimum absolute atomic E-state index is 0.252. The average Bonchev–Trinajstić information content (AvgIpc) is 2.40. The number of piperazine rings is 1. The fourth-order valence-corrected chi connectivity index (χ4v) is 3.13. The smallest absolute Gasteiger partial charge is 0.225 e. The van der Waals surface area contributed by atoms with Crippen LogP contribution in [0.15, 0.2) is 0 Å². The second-order valence-electron chi connectivity index (χ2n) is 5.78. The summed E-state index contributed by atoms with van der Waals surface area (Å²) in [5, 5.41) is 0. The van der Waals surface area contributed by atoms with Gasteiger partial charge in [0.05, 0.1) is 0 Å². The average molecular weight is 253 g/mol. The van der Waals surface area contributed by atoms with Crippen LogP contribution in [0.2, 0.25) is 0 Å². The quantitative estimate of drug-likeness (QED) is 0.818. The highest BCUT2D eigenvalue weighted by Crippen LogP contribution is 2.25. The Morgan fingerprint density at radius 1 is 1.11 bits per heavy atom. The summed E-state index contributed by atoms with van der Waals surface area (Å²) in [4.78, 5) is 16.9. The van der Waals surface area contributed by atoms with E-state index >= 15 is 0 Å². The lowest BCUT2D eigenvalue weighted by molar-refractivity contribution is -0.138. The summed E-state index contributed by atoms with van der Waals surface area (Å²) in [6.45, 7) is 7.31. The van der Waals surface area contributed by atoms with Gasteiger partial charge in [-0.1, -0.05) is 6.92 Å². The van der Waals surface area contributed by atoms with Crippen molar-refractivity contribution in [2.24, 2.45) is 11.7 Å². The lowest BCUT2D eigenvalue weighted by Crippen LogP contribution is -2.51. The van der Waals surface area contributed by atoms with E-state index in [0.717, 1.165) is 51.9 Å². The second-order valence-corrected chi connectivity index (χ2v) is 5.78. The molecule has 0 unspecified atom stereocenters. The zero-order valence-electron chi connectivity index (χ0n) is 11.6. The fraction of sp³-hybridized carbons (Fsp3) is 0.929. The van der Waals surface area contributed by atoms with Crippen LogP contribution in [-0.4, -0.2) is 54.5 Å². The molecule has 0 aromatic heterocycles. The molecule has 2 fully saturated rings. The number of amides is 1. The molecule has 0 radical (unpaired) electrons. The van der Waals surface area contributed by atoms with Gasteiger partial charge in [0, 0.05) is 38.1 Å². The molecule has 0 aromatic carbocycles. The van der Waals surface area contributed by atoms with Gasteiger partial charge in [0.1, 0.15) is 0 Å². The minimum Gasteiger partial charge on any atom is -0.340 e. The van der Waals surface area contributed by atoms with E-state index in [1.54, 1.807) is 0 Å². The summed E-state index contributed by atoms with van der Waals surface area (Å²) in [7, 11) is 0. The normalized spacial score (nSPS) is 30.4. The van der Waals surface area contributed by atoms with Gasteiger partial charge >= 0.3 is 0 Å². The Morgan fingerprint density at radius 3 is 2.28 bits per heavy atom. The van der Waals surface area contributed by atoms with Gasteiger partial charge in [-0.25, -0.2) is 0 Å². The number of rotatable bonds is 3. The maximum absolute atomic E-state index is 12.4. The van der Waals surface area contributed by atoms with Gasteiger partial charge in [0.15, 0.2) is 0 Å². The van der Waals surface area contributed by atoms with E-state index in [-0.39, 0.29) is 5.92 Å². The van der Waals surface area contributed by atoms with E-state index in [9.17, 15) is 4.79 Å². The van der Waals surface area contributed by atoms with Crippen LogP contribution in [0.25, 0.3) is 0 Å². The van der Waals surface area contributed by atoms with Crippen LogP contribution >= 0.6 is 0 Å². The molecule has 18 heavy (non-hydrogen) atoms. The number of nitrogens with two attached hydrogens (primary N) is 1. The molecule has 1 aliphatic carbocycles. The third kappa shape index (κ3) is 3.45. The SMILES string of the molecule is CCCN1CCN(C(=O)C2CCC(N)CC2)CC1. The molecule has 104 valence electrons. The molecule has 2 rings (SSSR count). The van der Waals surface area contributed by atoms with Crippen LogP contribution in [0.1, 0.15) is 39.0 Å². The summed E-state index contributed by atoms with van der Waals surface area (Å²) in [6, 6.07) is 0.329. The first kappa shape index (κ1) is 13.8. The van der Waals surface area contributed by atoms with Crippen molar-refractivity contribution in [3.8, 4) is 0 Å². The van der Waals surface area contributed by atoms with Gasteiger partial charge in [-0.2, -0.15) is 0 Å². The molecule has 1 amide bonds. The molecular formula is C14H27N3O. The lowest BCUT2D eigenvalue weighted by atomic mass is 9.85. The molecule has 1 heterocycles. The maximum atomic E-state index is 12.4. The van der Waals surface area contributed by atoms with Gasteiger partial charge in [-0.15, -0.1) is 0 Å². The van der Waals surface area contributed by atoms with Crippen molar-refractivity contribution in [3.05, 3.63) is 0 Å². The zero-order valence-corrected chi connectivity index (χ0v) is 11.6. The Hall–Kier alpha value is -0.610. The standard InChI is InChI=1S/C14H27N3O/c1-2-7-16-8-10-17(11-9-16)14(18)12-3-5-13(15)6-4-12/h12-13H,2-11,15H2,1H3. The largest absolute Gasteiger partial charge is 0.340 e. The lowest BCUT2D eigenvalue weighted by Gasteiger charge is -2.37. The zero-order chi connectivity index (χ0) is 13.0. The minimum atomic E-state index is 0.252. The van der Waals surface area contributed by atoms with Crippen LogP contribution in [0.5, 0.6) is 0 Å². The number of hydrogen-bond acceptors (Lipinski definition) is 3. The predicted octanol–water partition coefficient (Wildman–Crippen LogP) is 1.06. The molecule has 2 aliphatic rings. The van der Waals surface area contributed by atoms with Crippen molar-refractivity contribution in [1.82, 2.24) is 9.80 Å². The van der Waals surface area contributed by atoms with Crippen LogP contribution in [-0.2, 0) is 4.79 Å². The van der Waals surface area contributed by atoms with E-state index in [1.165, 1.54) is 13.0 Å². The first-order chi connectivity index (χ1) is 8.70. The number of carbonyl (C=O) groups excluding carboxylic acids is 1. The van der Waals surface area contributed by atoms with Gasteiger partial charge in [-0.3, -0.25) is 9.69 Å². The Bertz CT molecular complexity index is 266. The van der Waals surface area contributed by atoms with E-state index in [2.05, 4.69) is 16.7 Å². The Labute approximate surface area is 110 Å². The third-order valence-corrected chi connectivity index (χ3v) is 4.34. The number of carbonyl (C=O) groups is 1. The Morgan fingerprint density at radius 2 is 1.72 bits per heavy atom. The number of hydrogen-bond donors (Lipinski definition) is 1. The Kier molecular flexibility index (Phi) is 5.01. The highest BCUT2D eigenvalue weighted by Gasteiger charge is 2.29. The molecule has 4 nitrogen and oxygen atoms in total. The predicted molar refractivity (Wildman–Crippen MR) is 73.2 cm³/mol. The highest BCUT2D eigenvalue weighted by atomic mass is 16.2. The maximum Gasteiger partial charge on any atom is 0.225 e. The molecular weight excluding hydrogens is 226 g/mol. The molecule has 4 heteroatoms. The van der Waals surface area contributed by atoms with Crippen LogP contribution < -0.4 is 5.73 Å². The molecule has 1 saturated carbocycles. The van der Waals surface area contributed by atoms with Crippen molar-refractivity contribution >= 4 is 5.91 Å². The van der Waals surface area contributed by atoms with Crippen molar-refractivity contribution in [2.45, 2.75) is 45.1 Å². The summed E-state index contributed by atoms with van der Waals surface area (Å²) in [5.74, 6) is 0.639. The first-order valence-corrected chi connectivity index (χ1v) is 7.47. The van der Waals surface area contributed by atoms with Crippen molar-refractivity contribution in [2.75, 3.05) is 32.7 Å². The molecule has 0 aromatic rings. The molecule has 2 N–H and O–H groups in total. The van der Waals surface area contributed by atoms with Gasteiger partial charge in [-0.05, 0) is 38.6 Å². The van der Waals surface area contributed by atoms with Gasteiger partial charge in [0.2, 0.25) is 5.91 Å².